The van der Waals surface area contributed by atoms with Gasteiger partial charge in [0.25, 0.3) is 0 Å². The van der Waals surface area contributed by atoms with Gasteiger partial charge in [-0.05, 0) is 44.2 Å². The molecular weight excluding hydrogens is 234 g/mol. The summed E-state index contributed by atoms with van der Waals surface area (Å²) in [7, 11) is 2.16. The highest BCUT2D eigenvalue weighted by Crippen LogP contribution is 2.29. The number of aliphatic hydroxyl groups is 1. The van der Waals surface area contributed by atoms with Gasteiger partial charge >= 0.3 is 0 Å². The lowest BCUT2D eigenvalue weighted by atomic mass is 9.81. The maximum Gasteiger partial charge on any atom is 0.0695 e. The van der Waals surface area contributed by atoms with Gasteiger partial charge in [-0.3, -0.25) is 0 Å². The zero-order valence-electron chi connectivity index (χ0n) is 12.3. The summed E-state index contributed by atoms with van der Waals surface area (Å²) < 4.78 is 0. The van der Waals surface area contributed by atoms with Crippen LogP contribution in [0.3, 0.4) is 0 Å². The van der Waals surface area contributed by atoms with Crippen molar-refractivity contribution < 1.29 is 5.11 Å². The number of hydrogen-bond donors (Lipinski definition) is 1. The molecule has 0 heterocycles. The Kier molecular flexibility index (Phi) is 5.41. The van der Waals surface area contributed by atoms with E-state index in [2.05, 4.69) is 49.2 Å². The minimum absolute atomic E-state index is 0.136. The van der Waals surface area contributed by atoms with Crippen LogP contribution in [0.15, 0.2) is 30.3 Å². The summed E-state index contributed by atoms with van der Waals surface area (Å²) in [6.07, 6.45) is 5.50. The quantitative estimate of drug-likeness (QED) is 0.880. The molecule has 1 N–H and O–H groups in total. The molecule has 0 bridgehead atoms. The van der Waals surface area contributed by atoms with Crippen molar-refractivity contribution in [3.05, 3.63) is 35.9 Å². The van der Waals surface area contributed by atoms with Gasteiger partial charge in [-0.1, -0.05) is 43.7 Å². The molecule has 1 aliphatic rings. The molecule has 0 aliphatic heterocycles. The second-order valence-electron chi connectivity index (χ2n) is 5.94. The van der Waals surface area contributed by atoms with Crippen LogP contribution in [0.25, 0.3) is 0 Å². The summed E-state index contributed by atoms with van der Waals surface area (Å²) in [6.45, 7) is 3.30. The van der Waals surface area contributed by atoms with E-state index in [0.717, 1.165) is 31.7 Å². The van der Waals surface area contributed by atoms with Crippen molar-refractivity contribution in [3.63, 3.8) is 0 Å². The van der Waals surface area contributed by atoms with Crippen molar-refractivity contribution in [1.82, 2.24) is 4.90 Å². The van der Waals surface area contributed by atoms with Crippen LogP contribution in [0.1, 0.15) is 38.2 Å². The number of aliphatic hydroxyl groups excluding tert-OH is 1. The maximum absolute atomic E-state index is 10.2. The second kappa shape index (κ2) is 7.06. The van der Waals surface area contributed by atoms with Gasteiger partial charge in [-0.2, -0.15) is 0 Å². The monoisotopic (exact) mass is 261 g/mol. The number of hydrogen-bond acceptors (Lipinski definition) is 2. The Bertz CT molecular complexity index is 365. The van der Waals surface area contributed by atoms with Gasteiger partial charge in [0.15, 0.2) is 0 Å². The van der Waals surface area contributed by atoms with E-state index < -0.39 is 0 Å². The Morgan fingerprint density at radius 3 is 2.63 bits per heavy atom. The molecule has 1 aromatic carbocycles. The van der Waals surface area contributed by atoms with Crippen molar-refractivity contribution in [2.24, 2.45) is 5.92 Å². The highest BCUT2D eigenvalue weighted by Gasteiger charge is 2.30. The van der Waals surface area contributed by atoms with E-state index in [1.807, 2.05) is 0 Å². The molecule has 0 radical (unpaired) electrons. The Morgan fingerprint density at radius 1 is 1.21 bits per heavy atom. The van der Waals surface area contributed by atoms with Gasteiger partial charge in [-0.15, -0.1) is 0 Å². The molecule has 1 saturated carbocycles. The predicted molar refractivity (Wildman–Crippen MR) is 80.2 cm³/mol. The first kappa shape index (κ1) is 14.5. The molecule has 3 atom stereocenters. The average Bonchev–Trinajstić information content (AvgIpc) is 2.46. The first-order chi connectivity index (χ1) is 9.20. The first-order valence-corrected chi connectivity index (χ1v) is 7.63. The lowest BCUT2D eigenvalue weighted by Crippen LogP contribution is -2.46. The minimum Gasteiger partial charge on any atom is -0.391 e. The summed E-state index contributed by atoms with van der Waals surface area (Å²) in [5.41, 5.74) is 1.38. The van der Waals surface area contributed by atoms with Crippen molar-refractivity contribution in [1.29, 1.82) is 0 Å². The molecule has 0 amide bonds. The van der Waals surface area contributed by atoms with Crippen LogP contribution < -0.4 is 0 Å². The number of nitrogens with zero attached hydrogens (tertiary/aromatic N) is 1. The van der Waals surface area contributed by atoms with Crippen LogP contribution in [0.5, 0.6) is 0 Å². The molecule has 1 aliphatic carbocycles. The topological polar surface area (TPSA) is 23.5 Å². The normalized spacial score (nSPS) is 27.7. The third-order valence-corrected chi connectivity index (χ3v) is 4.63. The predicted octanol–water partition coefficient (Wildman–Crippen LogP) is 3.10. The Labute approximate surface area is 117 Å². The highest BCUT2D eigenvalue weighted by atomic mass is 16.3. The summed E-state index contributed by atoms with van der Waals surface area (Å²) >= 11 is 0. The summed E-state index contributed by atoms with van der Waals surface area (Å²) in [4.78, 5) is 2.36. The Balaban J connectivity index is 1.86. The van der Waals surface area contributed by atoms with Crippen molar-refractivity contribution in [2.75, 3.05) is 13.6 Å². The molecule has 3 unspecified atom stereocenters. The van der Waals surface area contributed by atoms with E-state index in [0.29, 0.717) is 6.04 Å². The van der Waals surface area contributed by atoms with Crippen LogP contribution >= 0.6 is 0 Å². The van der Waals surface area contributed by atoms with Crippen LogP contribution in [0.4, 0.5) is 0 Å². The number of likely N-dealkylation sites (N-methyl/N-ethyl adjacent to an activating group) is 1. The molecule has 2 heteroatoms. The fourth-order valence-corrected chi connectivity index (χ4v) is 3.18. The van der Waals surface area contributed by atoms with E-state index >= 15 is 0 Å². The first-order valence-electron chi connectivity index (χ1n) is 7.63. The summed E-state index contributed by atoms with van der Waals surface area (Å²) in [5, 5.41) is 10.2. The number of benzene rings is 1. The maximum atomic E-state index is 10.2. The van der Waals surface area contributed by atoms with Crippen LogP contribution in [0.2, 0.25) is 0 Å². The average molecular weight is 261 g/mol. The fourth-order valence-electron chi connectivity index (χ4n) is 3.18. The summed E-state index contributed by atoms with van der Waals surface area (Å²) in [6, 6.07) is 11.0. The largest absolute Gasteiger partial charge is 0.391 e. The SMILES string of the molecule is CCC1CCC(O)C(N(C)CCc2ccccc2)C1. The molecule has 2 rings (SSSR count). The number of rotatable bonds is 5. The minimum atomic E-state index is -0.136. The van der Waals surface area contributed by atoms with E-state index in [1.54, 1.807) is 0 Å². The molecule has 19 heavy (non-hydrogen) atoms. The van der Waals surface area contributed by atoms with E-state index in [4.69, 9.17) is 0 Å². The van der Waals surface area contributed by atoms with Crippen molar-refractivity contribution in [2.45, 2.75) is 51.2 Å². The van der Waals surface area contributed by atoms with Crippen molar-refractivity contribution in [3.8, 4) is 0 Å². The van der Waals surface area contributed by atoms with Gasteiger partial charge in [0.05, 0.1) is 6.10 Å². The van der Waals surface area contributed by atoms with Gasteiger partial charge in [0.1, 0.15) is 0 Å². The molecule has 1 fully saturated rings. The van der Waals surface area contributed by atoms with Gasteiger partial charge in [-0.25, -0.2) is 0 Å². The van der Waals surface area contributed by atoms with Crippen LogP contribution in [-0.2, 0) is 6.42 Å². The zero-order valence-corrected chi connectivity index (χ0v) is 12.3. The smallest absolute Gasteiger partial charge is 0.0695 e. The summed E-state index contributed by atoms with van der Waals surface area (Å²) in [5.74, 6) is 0.799. The highest BCUT2D eigenvalue weighted by molar-refractivity contribution is 5.14. The standard InChI is InChI=1S/C17H27NO/c1-3-14-9-10-17(19)16(13-14)18(2)12-11-15-7-5-4-6-8-15/h4-8,14,16-17,19H,3,9-13H2,1-2H3. The van der Waals surface area contributed by atoms with Gasteiger partial charge in [0.2, 0.25) is 0 Å². The van der Waals surface area contributed by atoms with Crippen LogP contribution in [0, 0.1) is 5.92 Å². The van der Waals surface area contributed by atoms with Gasteiger partial charge < -0.3 is 10.0 Å². The molecule has 1 aromatic rings. The van der Waals surface area contributed by atoms with E-state index in [-0.39, 0.29) is 6.10 Å². The lowest BCUT2D eigenvalue weighted by Gasteiger charge is -2.38. The van der Waals surface area contributed by atoms with E-state index in [1.165, 1.54) is 18.4 Å². The molecular formula is C17H27NO. The molecule has 2 nitrogen and oxygen atoms in total. The van der Waals surface area contributed by atoms with Crippen LogP contribution in [-0.4, -0.2) is 35.7 Å². The molecule has 0 spiro atoms. The van der Waals surface area contributed by atoms with E-state index in [9.17, 15) is 5.11 Å². The molecule has 0 aromatic heterocycles. The fraction of sp³-hybridized carbons (Fsp3) is 0.647. The Morgan fingerprint density at radius 2 is 1.95 bits per heavy atom. The Hall–Kier alpha value is -0.860. The zero-order chi connectivity index (χ0) is 13.7. The lowest BCUT2D eigenvalue weighted by molar-refractivity contribution is 0.0141. The van der Waals surface area contributed by atoms with Gasteiger partial charge in [0, 0.05) is 12.6 Å². The molecule has 0 saturated heterocycles. The van der Waals surface area contributed by atoms with Crippen molar-refractivity contribution >= 4 is 0 Å². The second-order valence-corrected chi connectivity index (χ2v) is 5.94. The molecule has 106 valence electrons. The third-order valence-electron chi connectivity index (χ3n) is 4.63. The third kappa shape index (κ3) is 4.05.